The zero-order valence-electron chi connectivity index (χ0n) is 6.31. The van der Waals surface area contributed by atoms with E-state index in [4.69, 9.17) is 0 Å². The van der Waals surface area contributed by atoms with E-state index in [1.807, 2.05) is 18.2 Å². The second-order valence-corrected chi connectivity index (χ2v) is 3.31. The minimum Gasteiger partial charge on any atom is -0.158 e. The smallest absolute Gasteiger partial charge is 0.122 e. The molecule has 0 aromatic carbocycles. The predicted molar refractivity (Wildman–Crippen MR) is 48.8 cm³/mol. The number of hydrogen-bond donors (Lipinski definition) is 0. The molecule has 0 N–H and O–H groups in total. The average Bonchev–Trinajstić information content (AvgIpc) is 2.21. The molecule has 0 spiro atoms. The first kappa shape index (κ1) is 7.38. The molecule has 57 valence electrons. The van der Waals surface area contributed by atoms with Gasteiger partial charge in [0.2, 0.25) is 0 Å². The molecule has 1 radical (unpaired) electrons. The maximum atomic E-state index is 3.70. The van der Waals surface area contributed by atoms with E-state index in [9.17, 15) is 0 Å². The highest BCUT2D eigenvalue weighted by Gasteiger charge is 1.95. The molecular weight excluding hydrogens is 167 g/mol. The van der Waals surface area contributed by atoms with Gasteiger partial charge in [-0.3, -0.25) is 0 Å². The molecule has 2 nitrogen and oxygen atoms in total. The SMILES string of the molecule is [c]1nnccc1-c1ccccp1. The highest BCUT2D eigenvalue weighted by atomic mass is 31.0. The predicted octanol–water partition coefficient (Wildman–Crippen LogP) is 2.52. The first-order chi connectivity index (χ1) is 5.97. The summed E-state index contributed by atoms with van der Waals surface area (Å²) in [5.41, 5.74) is 1.02. The third-order valence-electron chi connectivity index (χ3n) is 1.48. The lowest BCUT2D eigenvalue weighted by Crippen LogP contribution is -1.79. The molecule has 12 heavy (non-hydrogen) atoms. The van der Waals surface area contributed by atoms with E-state index in [-0.39, 0.29) is 0 Å². The van der Waals surface area contributed by atoms with Crippen molar-refractivity contribution in [2.24, 2.45) is 0 Å². The molecule has 0 aliphatic rings. The normalized spacial score (nSPS) is 10.3. The minimum atomic E-state index is 1.02. The summed E-state index contributed by atoms with van der Waals surface area (Å²) in [5, 5.41) is 8.59. The van der Waals surface area contributed by atoms with E-state index in [2.05, 4.69) is 28.3 Å². The first-order valence-electron chi connectivity index (χ1n) is 3.57. The van der Waals surface area contributed by atoms with Crippen molar-refractivity contribution >= 4 is 8.19 Å². The van der Waals surface area contributed by atoms with E-state index in [1.54, 1.807) is 6.20 Å². The molecule has 0 aliphatic heterocycles. The van der Waals surface area contributed by atoms with E-state index < -0.39 is 0 Å². The fourth-order valence-electron chi connectivity index (χ4n) is 0.926. The Morgan fingerprint density at radius 3 is 2.92 bits per heavy atom. The molecule has 0 atom stereocenters. The fraction of sp³-hybridized carbons (Fsp3) is 0. The molecule has 0 fully saturated rings. The van der Waals surface area contributed by atoms with Crippen LogP contribution in [0.25, 0.3) is 10.9 Å². The van der Waals surface area contributed by atoms with Crippen LogP contribution < -0.4 is 0 Å². The molecule has 0 aliphatic carbocycles. The van der Waals surface area contributed by atoms with Crippen LogP contribution in [0.2, 0.25) is 0 Å². The van der Waals surface area contributed by atoms with Crippen molar-refractivity contribution in [1.29, 1.82) is 0 Å². The molecule has 2 heterocycles. The zero-order valence-corrected chi connectivity index (χ0v) is 7.20. The highest BCUT2D eigenvalue weighted by molar-refractivity contribution is 7.33. The van der Waals surface area contributed by atoms with E-state index in [0.717, 1.165) is 5.56 Å². The number of hydrogen-bond acceptors (Lipinski definition) is 2. The van der Waals surface area contributed by atoms with Gasteiger partial charge in [-0.25, -0.2) is 0 Å². The molecule has 0 saturated heterocycles. The van der Waals surface area contributed by atoms with Gasteiger partial charge in [0, 0.05) is 10.9 Å². The summed E-state index contributed by atoms with van der Waals surface area (Å²) in [6.07, 6.45) is 4.53. The standard InChI is InChI=1S/C9H6N2P/c1-2-6-12-9(3-1)8-4-5-10-11-7-8/h1-6H. The van der Waals surface area contributed by atoms with Crippen molar-refractivity contribution in [3.63, 3.8) is 0 Å². The van der Waals surface area contributed by atoms with Crippen LogP contribution in [-0.2, 0) is 0 Å². The van der Waals surface area contributed by atoms with Gasteiger partial charge in [0.15, 0.2) is 0 Å². The van der Waals surface area contributed by atoms with Crippen LogP contribution in [0.1, 0.15) is 0 Å². The molecule has 0 bridgehead atoms. The van der Waals surface area contributed by atoms with Gasteiger partial charge >= 0.3 is 0 Å². The summed E-state index contributed by atoms with van der Waals surface area (Å²) in [5.74, 6) is 2.09. The molecule has 2 aromatic heterocycles. The van der Waals surface area contributed by atoms with Gasteiger partial charge in [0.1, 0.15) is 6.20 Å². The van der Waals surface area contributed by atoms with Crippen LogP contribution in [0.3, 0.4) is 0 Å². The summed E-state index contributed by atoms with van der Waals surface area (Å²) in [7, 11) is 1.19. The van der Waals surface area contributed by atoms with Crippen LogP contribution in [0, 0.1) is 6.20 Å². The monoisotopic (exact) mass is 173 g/mol. The van der Waals surface area contributed by atoms with E-state index in [1.165, 1.54) is 13.5 Å². The van der Waals surface area contributed by atoms with Gasteiger partial charge in [0.25, 0.3) is 0 Å². The molecular formula is C9H6N2P. The summed E-state index contributed by atoms with van der Waals surface area (Å²) in [4.78, 5) is 0. The lowest BCUT2D eigenvalue weighted by atomic mass is 10.2. The molecule has 0 unspecified atom stereocenters. The van der Waals surface area contributed by atoms with Crippen LogP contribution >= 0.6 is 8.19 Å². The second kappa shape index (κ2) is 3.42. The van der Waals surface area contributed by atoms with Crippen LogP contribution in [-0.4, -0.2) is 10.2 Å². The van der Waals surface area contributed by atoms with Crippen LogP contribution in [0.5, 0.6) is 0 Å². The minimum absolute atomic E-state index is 1.02. The third kappa shape index (κ3) is 1.49. The lowest BCUT2D eigenvalue weighted by molar-refractivity contribution is 1.03. The average molecular weight is 173 g/mol. The van der Waals surface area contributed by atoms with Crippen molar-refractivity contribution in [2.75, 3.05) is 0 Å². The van der Waals surface area contributed by atoms with Crippen LogP contribution in [0.15, 0.2) is 36.3 Å². The fourth-order valence-corrected chi connectivity index (χ4v) is 1.71. The Morgan fingerprint density at radius 2 is 2.25 bits per heavy atom. The van der Waals surface area contributed by atoms with Gasteiger partial charge in [-0.1, -0.05) is 20.3 Å². The third-order valence-corrected chi connectivity index (χ3v) is 2.47. The summed E-state index contributed by atoms with van der Waals surface area (Å²) < 4.78 is 0. The second-order valence-electron chi connectivity index (χ2n) is 2.27. The van der Waals surface area contributed by atoms with Gasteiger partial charge in [-0.2, -0.15) is 5.10 Å². The number of aromatic nitrogens is 2. The maximum absolute atomic E-state index is 3.70. The topological polar surface area (TPSA) is 25.8 Å². The molecule has 3 heteroatoms. The van der Waals surface area contributed by atoms with Crippen molar-refractivity contribution in [2.45, 2.75) is 0 Å². The van der Waals surface area contributed by atoms with Gasteiger partial charge in [-0.15, -0.1) is 5.10 Å². The van der Waals surface area contributed by atoms with Crippen molar-refractivity contribution in [3.05, 3.63) is 42.5 Å². The van der Waals surface area contributed by atoms with Crippen molar-refractivity contribution in [3.8, 4) is 10.9 Å². The Balaban J connectivity index is 2.46. The molecule has 0 amide bonds. The number of nitrogens with zero attached hydrogens (tertiary/aromatic N) is 2. The van der Waals surface area contributed by atoms with Crippen LogP contribution in [0.4, 0.5) is 0 Å². The van der Waals surface area contributed by atoms with Crippen molar-refractivity contribution < 1.29 is 0 Å². The van der Waals surface area contributed by atoms with Gasteiger partial charge in [0.05, 0.1) is 6.20 Å². The van der Waals surface area contributed by atoms with E-state index >= 15 is 0 Å². The summed E-state index contributed by atoms with van der Waals surface area (Å²) in [6.45, 7) is 0. The van der Waals surface area contributed by atoms with Gasteiger partial charge in [-0.05, 0) is 17.9 Å². The summed E-state index contributed by atoms with van der Waals surface area (Å²) in [6, 6.07) is 8.02. The Morgan fingerprint density at radius 1 is 1.25 bits per heavy atom. The Kier molecular flexibility index (Phi) is 2.10. The lowest BCUT2D eigenvalue weighted by Gasteiger charge is -1.95. The largest absolute Gasteiger partial charge is 0.158 e. The van der Waals surface area contributed by atoms with E-state index in [0.29, 0.717) is 0 Å². The highest BCUT2D eigenvalue weighted by Crippen LogP contribution is 2.24. The van der Waals surface area contributed by atoms with Gasteiger partial charge < -0.3 is 0 Å². The zero-order chi connectivity index (χ0) is 8.23. The molecule has 0 saturated carbocycles. The molecule has 2 aromatic rings. The quantitative estimate of drug-likeness (QED) is 0.662. The molecule has 2 rings (SSSR count). The Hall–Kier alpha value is -1.27. The Labute approximate surface area is 72.4 Å². The summed E-state index contributed by atoms with van der Waals surface area (Å²) >= 11 is 0. The maximum Gasteiger partial charge on any atom is 0.122 e. The first-order valence-corrected chi connectivity index (χ1v) is 4.54. The Bertz CT molecular complexity index is 310. The number of rotatable bonds is 1. The van der Waals surface area contributed by atoms with Crippen molar-refractivity contribution in [1.82, 2.24) is 10.2 Å².